The van der Waals surface area contributed by atoms with Crippen LogP contribution in [0.25, 0.3) is 0 Å². The summed E-state index contributed by atoms with van der Waals surface area (Å²) in [5.74, 6) is 1.05. The number of carbonyl (C=O) groups is 2. The normalized spacial score (nSPS) is 11.6. The van der Waals surface area contributed by atoms with Gasteiger partial charge in [0.1, 0.15) is 24.7 Å². The molecule has 0 aliphatic heterocycles. The summed E-state index contributed by atoms with van der Waals surface area (Å²) in [5, 5.41) is 4.85. The Labute approximate surface area is 154 Å². The third-order valence-electron chi connectivity index (χ3n) is 3.33. The number of likely N-dealkylation sites (N-methyl/N-ethyl adjacent to an activating group) is 1. The lowest BCUT2D eigenvalue weighted by atomic mass is 10.3. The predicted octanol–water partition coefficient (Wildman–Crippen LogP) is 0.962. The van der Waals surface area contributed by atoms with Gasteiger partial charge < -0.3 is 19.4 Å². The summed E-state index contributed by atoms with van der Waals surface area (Å²) in [6, 6.07) is 10.5. The topological polar surface area (TPSA) is 85.0 Å². The Kier molecular flexibility index (Phi) is 7.49. The molecule has 1 atom stereocenters. The highest BCUT2D eigenvalue weighted by atomic mass is 79.9. The van der Waals surface area contributed by atoms with Crippen LogP contribution in [0.5, 0.6) is 5.75 Å². The Morgan fingerprint density at radius 1 is 1.24 bits per heavy atom. The zero-order valence-corrected chi connectivity index (χ0v) is 15.5. The molecule has 0 radical (unpaired) electrons. The van der Waals surface area contributed by atoms with Crippen LogP contribution in [0.4, 0.5) is 4.79 Å². The van der Waals surface area contributed by atoms with Crippen molar-refractivity contribution in [2.75, 3.05) is 26.7 Å². The van der Waals surface area contributed by atoms with E-state index in [4.69, 9.17) is 9.15 Å². The summed E-state index contributed by atoms with van der Waals surface area (Å²) in [6.45, 7) is 1.52. The fourth-order valence-corrected chi connectivity index (χ4v) is 2.30. The second-order valence-corrected chi connectivity index (χ2v) is 6.41. The summed E-state index contributed by atoms with van der Waals surface area (Å²) in [7, 11) is 1.87. The van der Waals surface area contributed by atoms with Crippen molar-refractivity contribution in [3.05, 3.63) is 52.9 Å². The van der Waals surface area contributed by atoms with Gasteiger partial charge in [0, 0.05) is 4.47 Å². The molecule has 0 aliphatic rings. The minimum Gasteiger partial charge on any atom is -0.488 e. The predicted molar refractivity (Wildman–Crippen MR) is 95.3 cm³/mol. The lowest BCUT2D eigenvalue weighted by Crippen LogP contribution is -3.10. The van der Waals surface area contributed by atoms with Gasteiger partial charge in [0.15, 0.2) is 6.54 Å². The molecule has 134 valence electrons. The number of carbonyl (C=O) groups excluding carboxylic acids is 2. The lowest BCUT2D eigenvalue weighted by Gasteiger charge is -2.14. The highest BCUT2D eigenvalue weighted by Crippen LogP contribution is 2.15. The number of urea groups is 1. The summed E-state index contributed by atoms with van der Waals surface area (Å²) < 4.78 is 11.7. The monoisotopic (exact) mass is 410 g/mol. The number of rotatable bonds is 8. The highest BCUT2D eigenvalue weighted by Gasteiger charge is 2.13. The first-order valence-corrected chi connectivity index (χ1v) is 8.62. The van der Waals surface area contributed by atoms with E-state index in [-0.39, 0.29) is 19.0 Å². The third-order valence-corrected chi connectivity index (χ3v) is 3.86. The number of halogens is 1. The minimum absolute atomic E-state index is 0.178. The molecular weight excluding hydrogens is 390 g/mol. The molecule has 0 fully saturated rings. The third kappa shape index (κ3) is 7.40. The van der Waals surface area contributed by atoms with Gasteiger partial charge in [0.25, 0.3) is 5.91 Å². The van der Waals surface area contributed by atoms with Gasteiger partial charge in [-0.2, -0.15) is 0 Å². The summed E-state index contributed by atoms with van der Waals surface area (Å²) in [6.07, 6.45) is 1.52. The Morgan fingerprint density at radius 3 is 2.68 bits per heavy atom. The van der Waals surface area contributed by atoms with Crippen molar-refractivity contribution in [3.8, 4) is 5.75 Å². The molecule has 0 saturated carbocycles. The van der Waals surface area contributed by atoms with Crippen molar-refractivity contribution in [3.63, 3.8) is 0 Å². The molecule has 0 saturated heterocycles. The van der Waals surface area contributed by atoms with Gasteiger partial charge in [-0.25, -0.2) is 4.79 Å². The van der Waals surface area contributed by atoms with Gasteiger partial charge in [-0.15, -0.1) is 0 Å². The maximum atomic E-state index is 11.8. The molecule has 2 rings (SSSR count). The second-order valence-electron chi connectivity index (χ2n) is 5.50. The van der Waals surface area contributed by atoms with Crippen molar-refractivity contribution in [2.24, 2.45) is 0 Å². The Morgan fingerprint density at radius 2 is 2.00 bits per heavy atom. The number of ether oxygens (including phenoxy) is 1. The van der Waals surface area contributed by atoms with Crippen molar-refractivity contribution in [2.45, 2.75) is 6.54 Å². The van der Waals surface area contributed by atoms with E-state index in [9.17, 15) is 9.59 Å². The van der Waals surface area contributed by atoms with Gasteiger partial charge in [0.05, 0.1) is 19.9 Å². The molecule has 3 N–H and O–H groups in total. The van der Waals surface area contributed by atoms with Crippen molar-refractivity contribution in [1.29, 1.82) is 0 Å². The summed E-state index contributed by atoms with van der Waals surface area (Å²) in [4.78, 5) is 24.4. The van der Waals surface area contributed by atoms with Gasteiger partial charge in [0.2, 0.25) is 0 Å². The Hall–Kier alpha value is -2.32. The number of furan rings is 1. The number of imide groups is 1. The van der Waals surface area contributed by atoms with E-state index in [1.165, 1.54) is 6.26 Å². The van der Waals surface area contributed by atoms with Crippen molar-refractivity contribution >= 4 is 27.9 Å². The van der Waals surface area contributed by atoms with E-state index < -0.39 is 6.03 Å². The number of hydrogen-bond donors (Lipinski definition) is 3. The molecule has 1 heterocycles. The zero-order valence-electron chi connectivity index (χ0n) is 13.9. The van der Waals surface area contributed by atoms with Crippen LogP contribution in [-0.4, -0.2) is 38.7 Å². The van der Waals surface area contributed by atoms with Gasteiger partial charge in [-0.1, -0.05) is 15.9 Å². The number of benzene rings is 1. The smallest absolute Gasteiger partial charge is 0.321 e. The Balaban J connectivity index is 1.60. The molecule has 1 unspecified atom stereocenters. The molecule has 0 spiro atoms. The van der Waals surface area contributed by atoms with Crippen molar-refractivity contribution < 1.29 is 23.6 Å². The lowest BCUT2D eigenvalue weighted by molar-refractivity contribution is -0.871. The standard InChI is InChI=1S/C17H20BrN3O4/c1-21(8-10-25-14-6-4-13(18)5-7-14)12-16(22)20-17(23)19-11-15-3-2-9-24-15/h2-7,9H,8,10-12H2,1H3,(H2,19,20,22,23)/p+1. The van der Waals surface area contributed by atoms with E-state index in [1.807, 2.05) is 31.3 Å². The maximum absolute atomic E-state index is 11.8. The van der Waals surface area contributed by atoms with E-state index in [1.54, 1.807) is 12.1 Å². The first-order chi connectivity index (χ1) is 12.0. The minimum atomic E-state index is -0.541. The molecular formula is C17H21BrN3O4+. The van der Waals surface area contributed by atoms with Gasteiger partial charge >= 0.3 is 6.03 Å². The fourth-order valence-electron chi connectivity index (χ4n) is 2.03. The molecule has 2 aromatic rings. The van der Waals surface area contributed by atoms with Crippen molar-refractivity contribution in [1.82, 2.24) is 10.6 Å². The van der Waals surface area contributed by atoms with Crippen LogP contribution >= 0.6 is 15.9 Å². The average molecular weight is 411 g/mol. The van der Waals surface area contributed by atoms with Crippen LogP contribution < -0.4 is 20.3 Å². The zero-order chi connectivity index (χ0) is 18.1. The number of quaternary nitrogens is 1. The van der Waals surface area contributed by atoms with Crippen LogP contribution in [0.15, 0.2) is 51.6 Å². The molecule has 25 heavy (non-hydrogen) atoms. The molecule has 1 aromatic carbocycles. The van der Waals surface area contributed by atoms with Crippen LogP contribution in [0.3, 0.4) is 0 Å². The average Bonchev–Trinajstić information content (AvgIpc) is 3.08. The van der Waals surface area contributed by atoms with Gasteiger partial charge in [-0.05, 0) is 36.4 Å². The van der Waals surface area contributed by atoms with Gasteiger partial charge in [-0.3, -0.25) is 10.1 Å². The van der Waals surface area contributed by atoms with E-state index in [0.717, 1.165) is 15.1 Å². The second kappa shape index (κ2) is 9.85. The summed E-state index contributed by atoms with van der Waals surface area (Å²) in [5.41, 5.74) is 0. The van der Waals surface area contributed by atoms with Crippen LogP contribution in [0.2, 0.25) is 0 Å². The largest absolute Gasteiger partial charge is 0.488 e. The number of hydrogen-bond acceptors (Lipinski definition) is 4. The van der Waals surface area contributed by atoms with Crippen LogP contribution in [0, 0.1) is 0 Å². The van der Waals surface area contributed by atoms with E-state index in [2.05, 4.69) is 26.6 Å². The number of nitrogens with one attached hydrogen (secondary N) is 3. The molecule has 7 nitrogen and oxygen atoms in total. The number of amides is 3. The first kappa shape index (κ1) is 19.0. The molecule has 8 heteroatoms. The quantitative estimate of drug-likeness (QED) is 0.604. The molecule has 3 amide bonds. The van der Waals surface area contributed by atoms with Crippen LogP contribution in [0.1, 0.15) is 5.76 Å². The fraction of sp³-hybridized carbons (Fsp3) is 0.294. The molecule has 1 aromatic heterocycles. The highest BCUT2D eigenvalue weighted by molar-refractivity contribution is 9.10. The molecule has 0 bridgehead atoms. The summed E-state index contributed by atoms with van der Waals surface area (Å²) >= 11 is 3.36. The maximum Gasteiger partial charge on any atom is 0.321 e. The molecule has 0 aliphatic carbocycles. The van der Waals surface area contributed by atoms with E-state index in [0.29, 0.717) is 18.9 Å². The van der Waals surface area contributed by atoms with Crippen LogP contribution in [-0.2, 0) is 11.3 Å². The SMILES string of the molecule is C[NH+](CCOc1ccc(Br)cc1)CC(=O)NC(=O)NCc1ccco1. The van der Waals surface area contributed by atoms with E-state index >= 15 is 0 Å². The Bertz CT molecular complexity index is 674. The first-order valence-electron chi connectivity index (χ1n) is 7.82.